The Bertz CT molecular complexity index is 795. The number of alkyl carbamates (subject to hydrolysis) is 1. The molecule has 1 aliphatic rings. The zero-order valence-electron chi connectivity index (χ0n) is 18.0. The van der Waals surface area contributed by atoms with Crippen LogP contribution in [0.15, 0.2) is 24.3 Å². The molecule has 0 radical (unpaired) electrons. The van der Waals surface area contributed by atoms with Gasteiger partial charge in [0.25, 0.3) is 5.91 Å². The van der Waals surface area contributed by atoms with Crippen molar-refractivity contribution in [2.75, 3.05) is 38.0 Å². The molecule has 0 unspecified atom stereocenters. The number of anilines is 1. The minimum absolute atomic E-state index is 0.0780. The van der Waals surface area contributed by atoms with E-state index in [0.717, 1.165) is 0 Å². The molecule has 0 bridgehead atoms. The molecule has 0 aliphatic carbocycles. The number of hydrogen-bond acceptors (Lipinski definition) is 5. The lowest BCUT2D eigenvalue weighted by atomic mass is 10.1. The fourth-order valence-electron chi connectivity index (χ4n) is 3.02. The second kappa shape index (κ2) is 10.1. The Balaban J connectivity index is 1.79. The first-order valence-electron chi connectivity index (χ1n) is 9.97. The second-order valence-electron chi connectivity index (χ2n) is 8.11. The fourth-order valence-corrected chi connectivity index (χ4v) is 3.02. The standard InChI is InChI=1S/C21H30N4O5/c1-15(26)23-17-7-5-6-16(14-17)19(28)25-12-10-24(11-13-25)18(27)8-9-22-20(29)30-21(2,3)4/h5-7,14H,8-13H2,1-4H3,(H,22,29)(H,23,26). The number of rotatable bonds is 5. The SMILES string of the molecule is CC(=O)Nc1cccc(C(=O)N2CCN(C(=O)CCNC(=O)OC(C)(C)C)CC2)c1. The summed E-state index contributed by atoms with van der Waals surface area (Å²) in [5.74, 6) is -0.417. The molecule has 2 rings (SSSR count). The number of nitrogens with zero attached hydrogens (tertiary/aromatic N) is 2. The van der Waals surface area contributed by atoms with Crippen molar-refractivity contribution in [3.05, 3.63) is 29.8 Å². The van der Waals surface area contributed by atoms with Crippen molar-refractivity contribution >= 4 is 29.5 Å². The molecule has 0 aromatic heterocycles. The van der Waals surface area contributed by atoms with Crippen LogP contribution >= 0.6 is 0 Å². The summed E-state index contributed by atoms with van der Waals surface area (Å²) in [7, 11) is 0. The number of ether oxygens (including phenoxy) is 1. The van der Waals surface area contributed by atoms with Gasteiger partial charge in [0.05, 0.1) is 0 Å². The molecule has 1 aliphatic heterocycles. The van der Waals surface area contributed by atoms with Gasteiger partial charge in [0.15, 0.2) is 0 Å². The van der Waals surface area contributed by atoms with Crippen LogP contribution in [0.5, 0.6) is 0 Å². The Labute approximate surface area is 176 Å². The molecule has 9 nitrogen and oxygen atoms in total. The average molecular weight is 418 g/mol. The van der Waals surface area contributed by atoms with Crippen molar-refractivity contribution in [2.45, 2.75) is 39.7 Å². The van der Waals surface area contributed by atoms with E-state index in [0.29, 0.717) is 37.4 Å². The van der Waals surface area contributed by atoms with Crippen LogP contribution in [0.3, 0.4) is 0 Å². The summed E-state index contributed by atoms with van der Waals surface area (Å²) in [6.45, 7) is 8.64. The summed E-state index contributed by atoms with van der Waals surface area (Å²) >= 11 is 0. The van der Waals surface area contributed by atoms with Crippen LogP contribution in [0, 0.1) is 0 Å². The lowest BCUT2D eigenvalue weighted by molar-refractivity contribution is -0.132. The van der Waals surface area contributed by atoms with E-state index in [1.807, 2.05) is 0 Å². The van der Waals surface area contributed by atoms with Crippen molar-refractivity contribution in [2.24, 2.45) is 0 Å². The molecule has 164 valence electrons. The largest absolute Gasteiger partial charge is 0.444 e. The maximum Gasteiger partial charge on any atom is 0.407 e. The first kappa shape index (κ1) is 23.2. The Morgan fingerprint density at radius 3 is 2.27 bits per heavy atom. The normalized spacial score (nSPS) is 14.1. The lowest BCUT2D eigenvalue weighted by Crippen LogP contribution is -2.51. The zero-order valence-corrected chi connectivity index (χ0v) is 18.0. The molecule has 0 spiro atoms. The lowest BCUT2D eigenvalue weighted by Gasteiger charge is -2.35. The Kier molecular flexibility index (Phi) is 7.79. The molecule has 2 N–H and O–H groups in total. The molecular weight excluding hydrogens is 388 g/mol. The highest BCUT2D eigenvalue weighted by Crippen LogP contribution is 2.14. The van der Waals surface area contributed by atoms with Crippen LogP contribution < -0.4 is 10.6 Å². The van der Waals surface area contributed by atoms with Gasteiger partial charge in [-0.1, -0.05) is 6.07 Å². The molecule has 1 fully saturated rings. The number of piperazine rings is 1. The van der Waals surface area contributed by atoms with Gasteiger partial charge in [-0.05, 0) is 39.0 Å². The van der Waals surface area contributed by atoms with Gasteiger partial charge in [-0.25, -0.2) is 4.79 Å². The maximum atomic E-state index is 12.7. The number of amides is 4. The van der Waals surface area contributed by atoms with E-state index in [1.165, 1.54) is 6.92 Å². The molecule has 0 atom stereocenters. The fraction of sp³-hybridized carbons (Fsp3) is 0.524. The van der Waals surface area contributed by atoms with Crippen LogP contribution in [0.1, 0.15) is 44.5 Å². The molecule has 1 aromatic rings. The average Bonchev–Trinajstić information content (AvgIpc) is 2.65. The number of hydrogen-bond donors (Lipinski definition) is 2. The number of carbonyl (C=O) groups excluding carboxylic acids is 4. The molecule has 30 heavy (non-hydrogen) atoms. The summed E-state index contributed by atoms with van der Waals surface area (Å²) in [5, 5.41) is 5.24. The van der Waals surface area contributed by atoms with Crippen molar-refractivity contribution in [1.82, 2.24) is 15.1 Å². The predicted octanol–water partition coefficient (Wildman–Crippen LogP) is 1.84. The van der Waals surface area contributed by atoms with Crippen LogP contribution in [0.25, 0.3) is 0 Å². The van der Waals surface area contributed by atoms with Crippen molar-refractivity contribution in [3.63, 3.8) is 0 Å². The Morgan fingerprint density at radius 1 is 1.03 bits per heavy atom. The third-order valence-electron chi connectivity index (χ3n) is 4.36. The van der Waals surface area contributed by atoms with Crippen molar-refractivity contribution in [1.29, 1.82) is 0 Å². The van der Waals surface area contributed by atoms with E-state index in [4.69, 9.17) is 4.74 Å². The Hall–Kier alpha value is -3.10. The summed E-state index contributed by atoms with van der Waals surface area (Å²) in [6.07, 6.45) is -0.376. The van der Waals surface area contributed by atoms with Crippen LogP contribution in [0.2, 0.25) is 0 Å². The first-order valence-corrected chi connectivity index (χ1v) is 9.97. The summed E-state index contributed by atoms with van der Waals surface area (Å²) in [4.78, 5) is 51.3. The topological polar surface area (TPSA) is 108 Å². The molecule has 1 aromatic carbocycles. The van der Waals surface area contributed by atoms with E-state index >= 15 is 0 Å². The quantitative estimate of drug-likeness (QED) is 0.759. The summed E-state index contributed by atoms with van der Waals surface area (Å²) in [5.41, 5.74) is 0.473. The van der Waals surface area contributed by atoms with Crippen molar-refractivity contribution < 1.29 is 23.9 Å². The zero-order chi connectivity index (χ0) is 22.3. The second-order valence-corrected chi connectivity index (χ2v) is 8.11. The van der Waals surface area contributed by atoms with Gasteiger partial charge < -0.3 is 25.2 Å². The van der Waals surface area contributed by atoms with Gasteiger partial charge in [-0.15, -0.1) is 0 Å². The van der Waals surface area contributed by atoms with Gasteiger partial charge in [-0.2, -0.15) is 0 Å². The van der Waals surface area contributed by atoms with Gasteiger partial charge in [-0.3, -0.25) is 14.4 Å². The van der Waals surface area contributed by atoms with Gasteiger partial charge in [0.1, 0.15) is 5.60 Å². The summed E-state index contributed by atoms with van der Waals surface area (Å²) < 4.78 is 5.13. The number of benzene rings is 1. The molecule has 1 heterocycles. The molecule has 9 heteroatoms. The minimum atomic E-state index is -0.585. The first-order chi connectivity index (χ1) is 14.0. The number of carbonyl (C=O) groups is 4. The summed E-state index contributed by atoms with van der Waals surface area (Å²) in [6, 6.07) is 6.78. The van der Waals surface area contributed by atoms with E-state index in [2.05, 4.69) is 10.6 Å². The third-order valence-corrected chi connectivity index (χ3v) is 4.36. The van der Waals surface area contributed by atoms with E-state index in [1.54, 1.807) is 54.8 Å². The number of nitrogens with one attached hydrogen (secondary N) is 2. The highest BCUT2D eigenvalue weighted by atomic mass is 16.6. The van der Waals surface area contributed by atoms with E-state index < -0.39 is 11.7 Å². The van der Waals surface area contributed by atoms with Crippen LogP contribution in [-0.4, -0.2) is 71.9 Å². The van der Waals surface area contributed by atoms with Crippen LogP contribution in [-0.2, 0) is 14.3 Å². The van der Waals surface area contributed by atoms with Gasteiger partial charge in [0, 0.05) is 57.3 Å². The highest BCUT2D eigenvalue weighted by Gasteiger charge is 2.25. The molecule has 0 saturated carbocycles. The smallest absolute Gasteiger partial charge is 0.407 e. The minimum Gasteiger partial charge on any atom is -0.444 e. The maximum absolute atomic E-state index is 12.7. The Morgan fingerprint density at radius 2 is 1.67 bits per heavy atom. The predicted molar refractivity (Wildman–Crippen MR) is 112 cm³/mol. The third kappa shape index (κ3) is 7.38. The molecule has 1 saturated heterocycles. The molecule has 4 amide bonds. The van der Waals surface area contributed by atoms with Crippen molar-refractivity contribution in [3.8, 4) is 0 Å². The highest BCUT2D eigenvalue weighted by molar-refractivity contribution is 5.97. The van der Waals surface area contributed by atoms with Gasteiger partial charge >= 0.3 is 6.09 Å². The molecular formula is C21H30N4O5. The van der Waals surface area contributed by atoms with Gasteiger partial charge in [0.2, 0.25) is 11.8 Å². The van der Waals surface area contributed by atoms with E-state index in [-0.39, 0.29) is 30.7 Å². The van der Waals surface area contributed by atoms with Crippen LogP contribution in [0.4, 0.5) is 10.5 Å². The van der Waals surface area contributed by atoms with E-state index in [9.17, 15) is 19.2 Å². The monoisotopic (exact) mass is 418 g/mol.